The predicted octanol–water partition coefficient (Wildman–Crippen LogP) is 4.30. The lowest BCUT2D eigenvalue weighted by Gasteiger charge is -2.34. The number of ether oxygens (including phenoxy) is 1. The van der Waals surface area contributed by atoms with Gasteiger partial charge in [-0.1, -0.05) is 25.1 Å². The van der Waals surface area contributed by atoms with Crippen LogP contribution in [-0.4, -0.2) is 52.8 Å². The first-order chi connectivity index (χ1) is 18.3. The predicted molar refractivity (Wildman–Crippen MR) is 153 cm³/mol. The van der Waals surface area contributed by atoms with Gasteiger partial charge in [0.2, 0.25) is 0 Å². The second-order valence-corrected chi connectivity index (χ2v) is 11.2. The number of likely N-dealkylation sites (tertiary alicyclic amines) is 1. The van der Waals surface area contributed by atoms with Crippen molar-refractivity contribution in [3.05, 3.63) is 76.1 Å². The highest BCUT2D eigenvalue weighted by Gasteiger charge is 2.31. The maximum atomic E-state index is 13.6. The number of hydrogen-bond acceptors (Lipinski definition) is 6. The summed E-state index contributed by atoms with van der Waals surface area (Å²) in [5.74, 6) is 6.53. The molecule has 2 saturated carbocycles. The highest BCUT2D eigenvalue weighted by molar-refractivity contribution is 5.84. The van der Waals surface area contributed by atoms with Gasteiger partial charge >= 0.3 is 0 Å². The first-order valence-corrected chi connectivity index (χ1v) is 13.9. The molecule has 3 aliphatic rings. The van der Waals surface area contributed by atoms with Crippen LogP contribution >= 0.6 is 0 Å². The second-order valence-electron chi connectivity index (χ2n) is 11.2. The van der Waals surface area contributed by atoms with Crippen LogP contribution < -0.4 is 17.1 Å². The molecule has 3 aromatic rings. The number of H-pyrrole nitrogens is 1. The third kappa shape index (κ3) is 5.82. The van der Waals surface area contributed by atoms with Crippen molar-refractivity contribution in [1.29, 1.82) is 0 Å². The number of nitrogens with zero attached hydrogens (tertiary/aromatic N) is 3. The number of methoxy groups -OCH3 is 1. The fraction of sp³-hybridized carbons (Fsp3) is 0.500. The first kappa shape index (κ1) is 26.5. The highest BCUT2D eigenvalue weighted by atomic mass is 16.5. The van der Waals surface area contributed by atoms with Crippen molar-refractivity contribution in [1.82, 2.24) is 19.5 Å². The van der Waals surface area contributed by atoms with Gasteiger partial charge in [0, 0.05) is 43.7 Å². The molecule has 1 aliphatic heterocycles. The SMILES string of the molecule is C=C(N)N(C)N.COC1CC(c2cccc(-n3cc(C4CC4)c4cc(CN5CCCCC5)[nH]c4c3=O)c2)C1. The number of aromatic nitrogens is 2. The molecule has 8 nitrogen and oxygen atoms in total. The van der Waals surface area contributed by atoms with E-state index in [0.717, 1.165) is 49.1 Å². The van der Waals surface area contributed by atoms with E-state index in [2.05, 4.69) is 53.0 Å². The molecule has 1 saturated heterocycles. The number of nitrogens with one attached hydrogen (secondary N) is 1. The average Bonchev–Trinajstić information content (AvgIpc) is 3.64. The number of hydrogen-bond donors (Lipinski definition) is 3. The molecule has 8 heteroatoms. The van der Waals surface area contributed by atoms with Crippen molar-refractivity contribution in [2.75, 3.05) is 27.2 Å². The molecule has 0 atom stereocenters. The van der Waals surface area contributed by atoms with Crippen LogP contribution in [0.1, 0.15) is 73.6 Å². The van der Waals surface area contributed by atoms with Gasteiger partial charge < -0.3 is 20.5 Å². The van der Waals surface area contributed by atoms with Gasteiger partial charge in [-0.3, -0.25) is 14.3 Å². The molecule has 204 valence electrons. The molecule has 3 heterocycles. The molecular formula is C30H42N6O2. The Labute approximate surface area is 225 Å². The lowest BCUT2D eigenvalue weighted by molar-refractivity contribution is 0.0258. The third-order valence-electron chi connectivity index (χ3n) is 8.25. The number of hydrazine groups is 1. The number of aromatic amines is 1. The monoisotopic (exact) mass is 518 g/mol. The van der Waals surface area contributed by atoms with Crippen molar-refractivity contribution in [3.63, 3.8) is 0 Å². The van der Waals surface area contributed by atoms with E-state index in [1.807, 2.05) is 4.57 Å². The molecule has 0 radical (unpaired) electrons. The van der Waals surface area contributed by atoms with Crippen LogP contribution in [0.2, 0.25) is 0 Å². The van der Waals surface area contributed by atoms with Crippen LogP contribution in [0.4, 0.5) is 0 Å². The Kier molecular flexibility index (Phi) is 7.93. The van der Waals surface area contributed by atoms with E-state index < -0.39 is 0 Å². The van der Waals surface area contributed by atoms with Crippen LogP contribution in [0.5, 0.6) is 0 Å². The summed E-state index contributed by atoms with van der Waals surface area (Å²) in [6.07, 6.45) is 11.0. The summed E-state index contributed by atoms with van der Waals surface area (Å²) >= 11 is 0. The van der Waals surface area contributed by atoms with Gasteiger partial charge in [0.25, 0.3) is 5.56 Å². The molecule has 0 amide bonds. The zero-order chi connectivity index (χ0) is 26.8. The van der Waals surface area contributed by atoms with E-state index in [1.165, 1.54) is 53.9 Å². The van der Waals surface area contributed by atoms with Crippen molar-refractivity contribution >= 4 is 10.9 Å². The summed E-state index contributed by atoms with van der Waals surface area (Å²) in [7, 11) is 3.42. The summed E-state index contributed by atoms with van der Waals surface area (Å²) < 4.78 is 7.35. The first-order valence-electron chi connectivity index (χ1n) is 13.9. The van der Waals surface area contributed by atoms with Gasteiger partial charge in [0.1, 0.15) is 11.3 Å². The number of piperidine rings is 1. The molecule has 38 heavy (non-hydrogen) atoms. The Hall–Kier alpha value is -3.07. The largest absolute Gasteiger partial charge is 0.385 e. The van der Waals surface area contributed by atoms with E-state index in [-0.39, 0.29) is 5.56 Å². The van der Waals surface area contributed by atoms with E-state index in [1.54, 1.807) is 14.2 Å². The van der Waals surface area contributed by atoms with Gasteiger partial charge in [0.15, 0.2) is 0 Å². The zero-order valence-corrected chi connectivity index (χ0v) is 22.8. The molecule has 1 aromatic carbocycles. The zero-order valence-electron chi connectivity index (χ0n) is 22.8. The lowest BCUT2D eigenvalue weighted by atomic mass is 9.77. The van der Waals surface area contributed by atoms with Crippen LogP contribution in [0, 0.1) is 0 Å². The van der Waals surface area contributed by atoms with Gasteiger partial charge in [-0.25, -0.2) is 5.84 Å². The molecule has 0 unspecified atom stereocenters. The fourth-order valence-electron chi connectivity index (χ4n) is 5.61. The summed E-state index contributed by atoms with van der Waals surface area (Å²) in [5, 5.41) is 2.39. The number of benzene rings is 1. The standard InChI is InChI=1S/C27H33N3O2.C3H9N3/c1-32-23-13-20(14-23)19-6-5-7-22(12-19)30-17-25(18-8-9-18)24-15-21(28-26(24)27(30)31)16-29-10-3-2-4-11-29;1-3(4)6(2)5/h5-7,12,15,17-18,20,23,28H,2-4,8-11,13-14,16H2,1H3;1,4-5H2,2H3. The van der Waals surface area contributed by atoms with Crippen LogP contribution in [0.3, 0.4) is 0 Å². The Morgan fingerprint density at radius 3 is 2.50 bits per heavy atom. The Balaban J connectivity index is 0.000000443. The molecular weight excluding hydrogens is 476 g/mol. The quantitative estimate of drug-likeness (QED) is 0.318. The molecule has 3 fully saturated rings. The Morgan fingerprint density at radius 2 is 1.87 bits per heavy atom. The average molecular weight is 519 g/mol. The summed E-state index contributed by atoms with van der Waals surface area (Å²) in [5.41, 5.74) is 10.7. The molecule has 5 N–H and O–H groups in total. The number of fused-ring (bicyclic) bond motifs is 1. The minimum absolute atomic E-state index is 0.0646. The summed E-state index contributed by atoms with van der Waals surface area (Å²) in [4.78, 5) is 19.6. The number of pyridine rings is 1. The lowest BCUT2D eigenvalue weighted by Crippen LogP contribution is -2.29. The fourth-order valence-corrected chi connectivity index (χ4v) is 5.61. The molecule has 0 bridgehead atoms. The molecule has 6 rings (SSSR count). The van der Waals surface area contributed by atoms with Gasteiger partial charge in [-0.2, -0.15) is 0 Å². The maximum absolute atomic E-state index is 13.6. The summed E-state index contributed by atoms with van der Waals surface area (Å²) in [6, 6.07) is 10.8. The van der Waals surface area contributed by atoms with Crippen LogP contribution in [-0.2, 0) is 11.3 Å². The minimum Gasteiger partial charge on any atom is -0.385 e. The molecule has 2 aliphatic carbocycles. The molecule has 2 aromatic heterocycles. The normalized spacial score (nSPS) is 21.4. The second kappa shape index (κ2) is 11.4. The van der Waals surface area contributed by atoms with Gasteiger partial charge in [-0.15, -0.1) is 0 Å². The third-order valence-corrected chi connectivity index (χ3v) is 8.25. The highest BCUT2D eigenvalue weighted by Crippen LogP contribution is 2.43. The van der Waals surface area contributed by atoms with Crippen molar-refractivity contribution in [2.45, 2.75) is 69.4 Å². The number of rotatable bonds is 7. The van der Waals surface area contributed by atoms with E-state index >= 15 is 0 Å². The maximum Gasteiger partial charge on any atom is 0.279 e. The smallest absolute Gasteiger partial charge is 0.279 e. The molecule has 0 spiro atoms. The summed E-state index contributed by atoms with van der Waals surface area (Å²) in [6.45, 7) is 6.57. The van der Waals surface area contributed by atoms with Crippen molar-refractivity contribution in [2.24, 2.45) is 11.6 Å². The Morgan fingerprint density at radius 1 is 1.16 bits per heavy atom. The van der Waals surface area contributed by atoms with Gasteiger partial charge in [0.05, 0.1) is 6.10 Å². The number of nitrogens with two attached hydrogens (primary N) is 2. The van der Waals surface area contributed by atoms with E-state index in [0.29, 0.717) is 23.8 Å². The van der Waals surface area contributed by atoms with Crippen LogP contribution in [0.25, 0.3) is 16.6 Å². The van der Waals surface area contributed by atoms with Crippen molar-refractivity contribution < 1.29 is 4.74 Å². The van der Waals surface area contributed by atoms with Crippen LogP contribution in [0.15, 0.2) is 53.7 Å². The van der Waals surface area contributed by atoms with E-state index in [9.17, 15) is 4.79 Å². The topological polar surface area (TPSA) is 106 Å². The minimum atomic E-state index is 0.0646. The van der Waals surface area contributed by atoms with E-state index in [4.69, 9.17) is 16.3 Å². The van der Waals surface area contributed by atoms with Gasteiger partial charge in [-0.05, 0) is 92.8 Å². The van der Waals surface area contributed by atoms with Crippen molar-refractivity contribution in [3.8, 4) is 5.69 Å². The Bertz CT molecular complexity index is 1330.